The SMILES string of the molecule is O=C1NC(c2cccnc2)C(=O)NC1c1cccnc1. The van der Waals surface area contributed by atoms with Gasteiger partial charge in [0.1, 0.15) is 12.1 Å². The molecular formula is C14H12N4O2. The summed E-state index contributed by atoms with van der Waals surface area (Å²) >= 11 is 0. The zero-order valence-electron chi connectivity index (χ0n) is 10.5. The summed E-state index contributed by atoms with van der Waals surface area (Å²) in [5.74, 6) is -0.516. The number of nitrogens with one attached hydrogen (secondary N) is 2. The Kier molecular flexibility index (Phi) is 3.12. The lowest BCUT2D eigenvalue weighted by molar-refractivity contribution is -0.137. The van der Waals surface area contributed by atoms with E-state index in [-0.39, 0.29) is 11.8 Å². The van der Waals surface area contributed by atoms with Crippen molar-refractivity contribution in [2.24, 2.45) is 0 Å². The lowest BCUT2D eigenvalue weighted by atomic mass is 10.0. The van der Waals surface area contributed by atoms with Crippen molar-refractivity contribution in [2.75, 3.05) is 0 Å². The number of pyridine rings is 2. The lowest BCUT2D eigenvalue weighted by Crippen LogP contribution is -2.52. The minimum absolute atomic E-state index is 0.258. The van der Waals surface area contributed by atoms with Crippen molar-refractivity contribution in [3.63, 3.8) is 0 Å². The Hall–Kier alpha value is -2.76. The second-order valence-electron chi connectivity index (χ2n) is 4.46. The van der Waals surface area contributed by atoms with Crippen LogP contribution >= 0.6 is 0 Å². The Balaban J connectivity index is 1.84. The minimum atomic E-state index is -0.705. The molecule has 0 aliphatic carbocycles. The Morgan fingerprint density at radius 3 is 1.60 bits per heavy atom. The van der Waals surface area contributed by atoms with Gasteiger partial charge in [0.2, 0.25) is 11.8 Å². The molecule has 2 aromatic rings. The average molecular weight is 268 g/mol. The van der Waals surface area contributed by atoms with Crippen molar-refractivity contribution >= 4 is 11.8 Å². The highest BCUT2D eigenvalue weighted by Gasteiger charge is 2.35. The Morgan fingerprint density at radius 1 is 0.800 bits per heavy atom. The van der Waals surface area contributed by atoms with Crippen molar-refractivity contribution in [1.29, 1.82) is 0 Å². The fourth-order valence-corrected chi connectivity index (χ4v) is 2.15. The van der Waals surface area contributed by atoms with Crippen LogP contribution in [-0.4, -0.2) is 21.8 Å². The molecule has 6 heteroatoms. The molecule has 0 spiro atoms. The van der Waals surface area contributed by atoms with Gasteiger partial charge in [-0.05, 0) is 12.1 Å². The molecule has 2 N–H and O–H groups in total. The molecule has 1 aliphatic rings. The van der Waals surface area contributed by atoms with Crippen molar-refractivity contribution in [3.05, 3.63) is 60.2 Å². The van der Waals surface area contributed by atoms with Gasteiger partial charge >= 0.3 is 0 Å². The van der Waals surface area contributed by atoms with Gasteiger partial charge < -0.3 is 10.6 Å². The summed E-state index contributed by atoms with van der Waals surface area (Å²) in [6.07, 6.45) is 6.36. The van der Waals surface area contributed by atoms with Crippen molar-refractivity contribution in [1.82, 2.24) is 20.6 Å². The molecule has 0 saturated carbocycles. The van der Waals surface area contributed by atoms with Crippen LogP contribution in [0.3, 0.4) is 0 Å². The topological polar surface area (TPSA) is 84.0 Å². The summed E-state index contributed by atoms with van der Waals surface area (Å²) in [6, 6.07) is 5.54. The summed E-state index contributed by atoms with van der Waals surface area (Å²) in [5, 5.41) is 5.42. The second kappa shape index (κ2) is 5.08. The number of amides is 2. The molecular weight excluding hydrogens is 256 g/mol. The van der Waals surface area contributed by atoms with E-state index in [1.807, 2.05) is 0 Å². The molecule has 6 nitrogen and oxygen atoms in total. The first-order valence-electron chi connectivity index (χ1n) is 6.16. The van der Waals surface area contributed by atoms with E-state index in [1.165, 1.54) is 0 Å². The summed E-state index contributed by atoms with van der Waals surface area (Å²) < 4.78 is 0. The first-order chi connectivity index (χ1) is 9.75. The van der Waals surface area contributed by atoms with Crippen LogP contribution in [-0.2, 0) is 9.59 Å². The maximum atomic E-state index is 12.1. The monoisotopic (exact) mass is 268 g/mol. The van der Waals surface area contributed by atoms with Gasteiger partial charge in [-0.1, -0.05) is 12.1 Å². The smallest absolute Gasteiger partial charge is 0.248 e. The first kappa shape index (κ1) is 12.3. The Morgan fingerprint density at radius 2 is 1.25 bits per heavy atom. The standard InChI is InChI=1S/C14H12N4O2/c19-13-11(9-3-1-5-15-7-9)17-14(20)12(18-13)10-4-2-6-16-8-10/h1-8,11-12H,(H,17,20)(H,18,19). The fraction of sp³-hybridized carbons (Fsp3) is 0.143. The molecule has 2 aromatic heterocycles. The molecule has 0 radical (unpaired) electrons. The predicted molar refractivity (Wildman–Crippen MR) is 70.2 cm³/mol. The number of piperazine rings is 1. The normalized spacial score (nSPS) is 22.0. The van der Waals surface area contributed by atoms with Crippen LogP contribution < -0.4 is 10.6 Å². The third-order valence-electron chi connectivity index (χ3n) is 3.13. The highest BCUT2D eigenvalue weighted by Crippen LogP contribution is 2.21. The molecule has 1 saturated heterocycles. The zero-order chi connectivity index (χ0) is 13.9. The number of carbonyl (C=O) groups excluding carboxylic acids is 2. The molecule has 0 aromatic carbocycles. The van der Waals surface area contributed by atoms with E-state index in [2.05, 4.69) is 20.6 Å². The van der Waals surface area contributed by atoms with Crippen LogP contribution in [0.5, 0.6) is 0 Å². The summed E-state index contributed by atoms with van der Waals surface area (Å²) in [4.78, 5) is 32.2. The van der Waals surface area contributed by atoms with Crippen LogP contribution in [0.15, 0.2) is 49.1 Å². The molecule has 1 aliphatic heterocycles. The Bertz CT molecular complexity index is 573. The van der Waals surface area contributed by atoms with Gasteiger partial charge in [-0.15, -0.1) is 0 Å². The van der Waals surface area contributed by atoms with Crippen LogP contribution in [0.2, 0.25) is 0 Å². The molecule has 3 rings (SSSR count). The quantitative estimate of drug-likeness (QED) is 0.831. The van der Waals surface area contributed by atoms with E-state index in [0.29, 0.717) is 11.1 Å². The molecule has 20 heavy (non-hydrogen) atoms. The lowest BCUT2D eigenvalue weighted by Gasteiger charge is -2.29. The highest BCUT2D eigenvalue weighted by atomic mass is 16.2. The van der Waals surface area contributed by atoms with Gasteiger partial charge in [0.05, 0.1) is 0 Å². The van der Waals surface area contributed by atoms with Crippen LogP contribution in [0.25, 0.3) is 0 Å². The van der Waals surface area contributed by atoms with E-state index < -0.39 is 12.1 Å². The number of aromatic nitrogens is 2. The maximum Gasteiger partial charge on any atom is 0.248 e. The van der Waals surface area contributed by atoms with Crippen LogP contribution in [0.4, 0.5) is 0 Å². The largest absolute Gasteiger partial charge is 0.338 e. The van der Waals surface area contributed by atoms with E-state index >= 15 is 0 Å². The highest BCUT2D eigenvalue weighted by molar-refractivity contribution is 5.97. The van der Waals surface area contributed by atoms with E-state index in [4.69, 9.17) is 0 Å². The maximum absolute atomic E-state index is 12.1. The molecule has 3 heterocycles. The minimum Gasteiger partial charge on any atom is -0.338 e. The Labute approximate surface area is 115 Å². The number of carbonyl (C=O) groups is 2. The third-order valence-corrected chi connectivity index (χ3v) is 3.13. The first-order valence-corrected chi connectivity index (χ1v) is 6.16. The average Bonchev–Trinajstić information content (AvgIpc) is 2.51. The molecule has 100 valence electrons. The zero-order valence-corrected chi connectivity index (χ0v) is 10.5. The third kappa shape index (κ3) is 2.23. The van der Waals surface area contributed by atoms with Crippen molar-refractivity contribution in [3.8, 4) is 0 Å². The number of hydrogen-bond donors (Lipinski definition) is 2. The second-order valence-corrected chi connectivity index (χ2v) is 4.46. The van der Waals surface area contributed by atoms with Gasteiger partial charge in [0.15, 0.2) is 0 Å². The van der Waals surface area contributed by atoms with Gasteiger partial charge in [-0.3, -0.25) is 19.6 Å². The summed E-state index contributed by atoms with van der Waals surface area (Å²) in [7, 11) is 0. The molecule has 1 fully saturated rings. The van der Waals surface area contributed by atoms with E-state index in [9.17, 15) is 9.59 Å². The van der Waals surface area contributed by atoms with Gasteiger partial charge in [0, 0.05) is 35.9 Å². The fourth-order valence-electron chi connectivity index (χ4n) is 2.15. The van der Waals surface area contributed by atoms with E-state index in [1.54, 1.807) is 49.1 Å². The van der Waals surface area contributed by atoms with Gasteiger partial charge in [-0.2, -0.15) is 0 Å². The van der Waals surface area contributed by atoms with Gasteiger partial charge in [-0.25, -0.2) is 0 Å². The van der Waals surface area contributed by atoms with Crippen molar-refractivity contribution < 1.29 is 9.59 Å². The predicted octanol–water partition coefficient (Wildman–Crippen LogP) is 0.505. The molecule has 2 amide bonds. The van der Waals surface area contributed by atoms with Crippen molar-refractivity contribution in [2.45, 2.75) is 12.1 Å². The summed E-state index contributed by atoms with van der Waals surface area (Å²) in [5.41, 5.74) is 1.31. The summed E-state index contributed by atoms with van der Waals surface area (Å²) in [6.45, 7) is 0. The number of hydrogen-bond acceptors (Lipinski definition) is 4. The van der Waals surface area contributed by atoms with E-state index in [0.717, 1.165) is 0 Å². The number of rotatable bonds is 2. The van der Waals surface area contributed by atoms with Crippen LogP contribution in [0.1, 0.15) is 23.2 Å². The molecule has 2 unspecified atom stereocenters. The molecule has 0 bridgehead atoms. The molecule has 2 atom stereocenters. The number of nitrogens with zero attached hydrogens (tertiary/aromatic N) is 2. The van der Waals surface area contributed by atoms with Gasteiger partial charge in [0.25, 0.3) is 0 Å². The van der Waals surface area contributed by atoms with Crippen LogP contribution in [0, 0.1) is 0 Å².